The quantitative estimate of drug-likeness (QED) is 0.818. The highest BCUT2D eigenvalue weighted by Gasteiger charge is 2.34. The van der Waals surface area contributed by atoms with Crippen LogP contribution >= 0.6 is 0 Å². The Balaban J connectivity index is 1.75. The molecule has 1 N–H and O–H groups in total. The van der Waals surface area contributed by atoms with Gasteiger partial charge in [0.05, 0.1) is 6.04 Å². The second-order valence-corrected chi connectivity index (χ2v) is 6.18. The average Bonchev–Trinajstić information content (AvgIpc) is 2.85. The van der Waals surface area contributed by atoms with E-state index in [4.69, 9.17) is 0 Å². The standard InChI is InChI=1S/C17H22N2/c1-2-12-7-8-16-17-14(9-10-19(16)11-12)13-5-3-4-6-15(13)18-17/h3-6,12,16,18H,2,7-11H2,1H3/t12-,16+/m0/s1. The molecule has 1 aromatic heterocycles. The van der Waals surface area contributed by atoms with Gasteiger partial charge in [0.15, 0.2) is 0 Å². The zero-order valence-electron chi connectivity index (χ0n) is 11.7. The van der Waals surface area contributed by atoms with E-state index in [-0.39, 0.29) is 0 Å². The lowest BCUT2D eigenvalue weighted by Crippen LogP contribution is -2.42. The third-order valence-electron chi connectivity index (χ3n) is 5.19. The predicted octanol–water partition coefficient (Wildman–Crippen LogP) is 3.89. The molecule has 100 valence electrons. The maximum Gasteiger partial charge on any atom is 0.0501 e. The van der Waals surface area contributed by atoms with Crippen molar-refractivity contribution in [3.05, 3.63) is 35.5 Å². The fourth-order valence-electron chi connectivity index (χ4n) is 4.06. The van der Waals surface area contributed by atoms with E-state index in [1.165, 1.54) is 55.4 Å². The van der Waals surface area contributed by atoms with Crippen LogP contribution < -0.4 is 0 Å². The summed E-state index contributed by atoms with van der Waals surface area (Å²) in [5, 5.41) is 1.45. The molecule has 0 bridgehead atoms. The maximum atomic E-state index is 3.71. The molecule has 2 nitrogen and oxygen atoms in total. The molecule has 0 spiro atoms. The summed E-state index contributed by atoms with van der Waals surface area (Å²) >= 11 is 0. The lowest BCUT2D eigenvalue weighted by Gasteiger charge is -2.42. The lowest BCUT2D eigenvalue weighted by molar-refractivity contribution is 0.0950. The number of para-hydroxylation sites is 1. The van der Waals surface area contributed by atoms with Crippen molar-refractivity contribution in [3.8, 4) is 0 Å². The van der Waals surface area contributed by atoms with Gasteiger partial charge in [0.1, 0.15) is 0 Å². The van der Waals surface area contributed by atoms with Gasteiger partial charge in [-0.25, -0.2) is 0 Å². The molecular weight excluding hydrogens is 232 g/mol. The Morgan fingerprint density at radius 2 is 2.16 bits per heavy atom. The Morgan fingerprint density at radius 3 is 3.05 bits per heavy atom. The number of benzene rings is 1. The number of aromatic amines is 1. The van der Waals surface area contributed by atoms with Gasteiger partial charge in [-0.1, -0.05) is 31.5 Å². The second-order valence-electron chi connectivity index (χ2n) is 6.18. The molecule has 19 heavy (non-hydrogen) atoms. The summed E-state index contributed by atoms with van der Waals surface area (Å²) in [5.41, 5.74) is 4.43. The van der Waals surface area contributed by atoms with Crippen molar-refractivity contribution >= 4 is 10.9 Å². The highest BCUT2D eigenvalue weighted by Crippen LogP contribution is 2.40. The Kier molecular flexibility index (Phi) is 2.66. The van der Waals surface area contributed by atoms with E-state index in [2.05, 4.69) is 41.1 Å². The lowest BCUT2D eigenvalue weighted by atomic mass is 9.85. The van der Waals surface area contributed by atoms with Crippen LogP contribution in [0.25, 0.3) is 10.9 Å². The van der Waals surface area contributed by atoms with Crippen molar-refractivity contribution in [1.29, 1.82) is 0 Å². The van der Waals surface area contributed by atoms with Gasteiger partial charge in [0, 0.05) is 29.7 Å². The molecule has 1 aromatic carbocycles. The number of rotatable bonds is 1. The summed E-state index contributed by atoms with van der Waals surface area (Å²) in [7, 11) is 0. The molecule has 3 heterocycles. The van der Waals surface area contributed by atoms with Crippen LogP contribution in [-0.2, 0) is 6.42 Å². The molecule has 0 saturated carbocycles. The number of H-pyrrole nitrogens is 1. The van der Waals surface area contributed by atoms with E-state index in [1.807, 2.05) is 0 Å². The smallest absolute Gasteiger partial charge is 0.0501 e. The highest BCUT2D eigenvalue weighted by atomic mass is 15.2. The minimum atomic E-state index is 0.652. The zero-order valence-corrected chi connectivity index (χ0v) is 11.7. The van der Waals surface area contributed by atoms with Crippen LogP contribution in [0.3, 0.4) is 0 Å². The molecular formula is C17H22N2. The Labute approximate surface area is 114 Å². The number of nitrogens with zero attached hydrogens (tertiary/aromatic N) is 1. The molecule has 1 fully saturated rings. The first-order chi connectivity index (χ1) is 9.36. The first-order valence-electron chi connectivity index (χ1n) is 7.70. The number of aromatic nitrogens is 1. The van der Waals surface area contributed by atoms with Crippen LogP contribution in [0.2, 0.25) is 0 Å². The SMILES string of the molecule is CC[C@H]1CC[C@@H]2c3[nH]c4ccccc4c3CCN2C1. The number of piperidine rings is 1. The number of hydrogen-bond acceptors (Lipinski definition) is 1. The molecule has 2 aliphatic heterocycles. The van der Waals surface area contributed by atoms with Gasteiger partial charge in [0.25, 0.3) is 0 Å². The Morgan fingerprint density at radius 1 is 1.26 bits per heavy atom. The van der Waals surface area contributed by atoms with Crippen LogP contribution in [0.1, 0.15) is 43.5 Å². The molecule has 2 atom stereocenters. The van der Waals surface area contributed by atoms with Crippen LogP contribution in [0, 0.1) is 5.92 Å². The third kappa shape index (κ3) is 1.73. The molecule has 4 rings (SSSR count). The van der Waals surface area contributed by atoms with Gasteiger partial charge < -0.3 is 4.98 Å². The molecule has 0 amide bonds. The monoisotopic (exact) mass is 254 g/mol. The molecule has 2 aromatic rings. The van der Waals surface area contributed by atoms with Crippen molar-refractivity contribution in [2.24, 2.45) is 5.92 Å². The van der Waals surface area contributed by atoms with Crippen molar-refractivity contribution in [3.63, 3.8) is 0 Å². The van der Waals surface area contributed by atoms with Gasteiger partial charge in [-0.15, -0.1) is 0 Å². The minimum Gasteiger partial charge on any atom is -0.357 e. The normalized spacial score (nSPS) is 27.2. The second kappa shape index (κ2) is 4.38. The van der Waals surface area contributed by atoms with Crippen molar-refractivity contribution in [1.82, 2.24) is 9.88 Å². The largest absolute Gasteiger partial charge is 0.357 e. The van der Waals surface area contributed by atoms with Gasteiger partial charge in [0.2, 0.25) is 0 Å². The minimum absolute atomic E-state index is 0.652. The molecule has 0 aliphatic carbocycles. The van der Waals surface area contributed by atoms with E-state index in [0.717, 1.165) is 5.92 Å². The van der Waals surface area contributed by atoms with Gasteiger partial charge in [-0.05, 0) is 36.8 Å². The van der Waals surface area contributed by atoms with Gasteiger partial charge in [-0.3, -0.25) is 4.90 Å². The van der Waals surface area contributed by atoms with E-state index in [0.29, 0.717) is 6.04 Å². The topological polar surface area (TPSA) is 19.0 Å². The highest BCUT2D eigenvalue weighted by molar-refractivity contribution is 5.85. The number of nitrogens with one attached hydrogen (secondary N) is 1. The van der Waals surface area contributed by atoms with Crippen LogP contribution in [0.15, 0.2) is 24.3 Å². The predicted molar refractivity (Wildman–Crippen MR) is 79.3 cm³/mol. The molecule has 2 heteroatoms. The van der Waals surface area contributed by atoms with E-state index in [9.17, 15) is 0 Å². The molecule has 1 saturated heterocycles. The van der Waals surface area contributed by atoms with E-state index in [1.54, 1.807) is 5.56 Å². The van der Waals surface area contributed by atoms with E-state index < -0.39 is 0 Å². The van der Waals surface area contributed by atoms with Crippen molar-refractivity contribution in [2.75, 3.05) is 13.1 Å². The molecule has 0 radical (unpaired) electrons. The van der Waals surface area contributed by atoms with Crippen LogP contribution in [0.5, 0.6) is 0 Å². The number of hydrogen-bond donors (Lipinski definition) is 1. The molecule has 0 unspecified atom stereocenters. The first-order valence-corrected chi connectivity index (χ1v) is 7.70. The van der Waals surface area contributed by atoms with Gasteiger partial charge >= 0.3 is 0 Å². The zero-order chi connectivity index (χ0) is 12.8. The van der Waals surface area contributed by atoms with Crippen LogP contribution in [-0.4, -0.2) is 23.0 Å². The number of fused-ring (bicyclic) bond motifs is 5. The fourth-order valence-corrected chi connectivity index (χ4v) is 4.06. The van der Waals surface area contributed by atoms with Crippen LogP contribution in [0.4, 0.5) is 0 Å². The summed E-state index contributed by atoms with van der Waals surface area (Å²) in [4.78, 5) is 6.42. The third-order valence-corrected chi connectivity index (χ3v) is 5.19. The fraction of sp³-hybridized carbons (Fsp3) is 0.529. The Bertz CT molecular complexity index is 598. The summed E-state index contributed by atoms with van der Waals surface area (Å²) in [5.74, 6) is 0.919. The molecule has 2 aliphatic rings. The van der Waals surface area contributed by atoms with Crippen molar-refractivity contribution < 1.29 is 0 Å². The average molecular weight is 254 g/mol. The van der Waals surface area contributed by atoms with E-state index >= 15 is 0 Å². The summed E-state index contributed by atoms with van der Waals surface area (Å²) < 4.78 is 0. The maximum absolute atomic E-state index is 3.71. The van der Waals surface area contributed by atoms with Crippen molar-refractivity contribution in [2.45, 2.75) is 38.6 Å². The van der Waals surface area contributed by atoms with Gasteiger partial charge in [-0.2, -0.15) is 0 Å². The summed E-state index contributed by atoms with van der Waals surface area (Å²) in [6.07, 6.45) is 5.28. The summed E-state index contributed by atoms with van der Waals surface area (Å²) in [6.45, 7) is 4.88. The summed E-state index contributed by atoms with van der Waals surface area (Å²) in [6, 6.07) is 9.44. The first kappa shape index (κ1) is 11.5. The Hall–Kier alpha value is -1.28.